The average Bonchev–Trinajstić information content (AvgIpc) is 3.37. The number of rotatable bonds is 6. The number of hydrogen-bond donors (Lipinski definition) is 2. The number of aromatic nitrogens is 5. The summed E-state index contributed by atoms with van der Waals surface area (Å²) in [7, 11) is 0. The SMILES string of the molecule is Cc1ncn(-c2ccc(Nc3nc4c(c(=O)[nH]3)C(C)CC4c3ccc(F)cc3)cc2OC(F)F)n1. The number of aromatic amines is 1. The van der Waals surface area contributed by atoms with Crippen LogP contribution in [0, 0.1) is 12.7 Å². The van der Waals surface area contributed by atoms with Gasteiger partial charge in [-0.05, 0) is 49.1 Å². The molecule has 0 spiro atoms. The van der Waals surface area contributed by atoms with E-state index in [1.165, 1.54) is 29.2 Å². The van der Waals surface area contributed by atoms with Crippen molar-refractivity contribution in [2.45, 2.75) is 38.7 Å². The summed E-state index contributed by atoms with van der Waals surface area (Å²) in [6.07, 6.45) is 2.06. The van der Waals surface area contributed by atoms with Gasteiger partial charge in [-0.3, -0.25) is 9.78 Å². The van der Waals surface area contributed by atoms with Gasteiger partial charge in [0.25, 0.3) is 5.56 Å². The predicted octanol–water partition coefficient (Wildman–Crippen LogP) is 4.78. The molecule has 0 bridgehead atoms. The largest absolute Gasteiger partial charge is 0.432 e. The second-order valence-corrected chi connectivity index (χ2v) is 8.38. The number of halogens is 3. The van der Waals surface area contributed by atoms with Crippen molar-refractivity contribution in [1.29, 1.82) is 0 Å². The highest BCUT2D eigenvalue weighted by Crippen LogP contribution is 2.42. The van der Waals surface area contributed by atoms with Gasteiger partial charge in [-0.25, -0.2) is 19.0 Å². The minimum Gasteiger partial charge on any atom is -0.432 e. The summed E-state index contributed by atoms with van der Waals surface area (Å²) < 4.78 is 45.6. The van der Waals surface area contributed by atoms with Crippen molar-refractivity contribution in [3.05, 3.63) is 87.6 Å². The topological polar surface area (TPSA) is 97.7 Å². The number of H-pyrrole nitrogens is 1. The van der Waals surface area contributed by atoms with Gasteiger partial charge in [-0.1, -0.05) is 19.1 Å². The zero-order valence-corrected chi connectivity index (χ0v) is 18.8. The zero-order valence-electron chi connectivity index (χ0n) is 18.8. The maximum atomic E-state index is 13.4. The highest BCUT2D eigenvalue weighted by atomic mass is 19.3. The minimum atomic E-state index is -3.05. The number of anilines is 2. The average molecular weight is 482 g/mol. The summed E-state index contributed by atoms with van der Waals surface area (Å²) in [6.45, 7) is 0.575. The van der Waals surface area contributed by atoms with Gasteiger partial charge in [0.15, 0.2) is 5.75 Å². The predicted molar refractivity (Wildman–Crippen MR) is 122 cm³/mol. The molecule has 0 saturated heterocycles. The molecule has 35 heavy (non-hydrogen) atoms. The van der Waals surface area contributed by atoms with Gasteiger partial charge in [0, 0.05) is 23.2 Å². The monoisotopic (exact) mass is 482 g/mol. The third kappa shape index (κ3) is 4.48. The van der Waals surface area contributed by atoms with Gasteiger partial charge < -0.3 is 10.1 Å². The molecule has 1 aliphatic rings. The Kier molecular flexibility index (Phi) is 5.75. The third-order valence-corrected chi connectivity index (χ3v) is 5.96. The summed E-state index contributed by atoms with van der Waals surface area (Å²) in [4.78, 5) is 24.3. The second-order valence-electron chi connectivity index (χ2n) is 8.38. The van der Waals surface area contributed by atoms with Crippen molar-refractivity contribution < 1.29 is 17.9 Å². The number of alkyl halides is 2. The highest BCUT2D eigenvalue weighted by Gasteiger charge is 2.34. The first-order valence-electron chi connectivity index (χ1n) is 10.9. The molecular formula is C24H21F3N6O2. The van der Waals surface area contributed by atoms with Crippen molar-refractivity contribution >= 4 is 11.6 Å². The first kappa shape index (κ1) is 22.6. The van der Waals surface area contributed by atoms with E-state index in [1.807, 2.05) is 6.92 Å². The van der Waals surface area contributed by atoms with Gasteiger partial charge in [-0.15, -0.1) is 0 Å². The maximum Gasteiger partial charge on any atom is 0.387 e. The molecule has 2 N–H and O–H groups in total. The standard InChI is InChI=1S/C24H21F3N6O2/c1-12-9-17(14-3-5-15(25)6-4-14)21-20(12)22(34)31-24(30-21)29-16-7-8-18(19(10-16)35-23(26)27)33-11-28-13(2)32-33/h3-8,10-12,17,23H,9H2,1-2H3,(H2,29,30,31,34). The van der Waals surface area contributed by atoms with E-state index in [9.17, 15) is 18.0 Å². The number of aryl methyl sites for hydroxylation is 1. The van der Waals surface area contributed by atoms with Crippen LogP contribution in [0.15, 0.2) is 53.6 Å². The lowest BCUT2D eigenvalue weighted by molar-refractivity contribution is -0.0498. The number of benzene rings is 2. The molecule has 180 valence electrons. The number of hydrogen-bond acceptors (Lipinski definition) is 6. The zero-order chi connectivity index (χ0) is 24.7. The molecule has 4 aromatic rings. The van der Waals surface area contributed by atoms with Crippen LogP contribution < -0.4 is 15.6 Å². The Bertz CT molecular complexity index is 1430. The minimum absolute atomic E-state index is 0.0261. The molecule has 8 nitrogen and oxygen atoms in total. The van der Waals surface area contributed by atoms with Crippen LogP contribution in [0.4, 0.5) is 24.8 Å². The molecule has 0 aliphatic heterocycles. The molecule has 0 saturated carbocycles. The molecule has 2 aromatic heterocycles. The van der Waals surface area contributed by atoms with E-state index in [-0.39, 0.29) is 40.6 Å². The lowest BCUT2D eigenvalue weighted by Gasteiger charge is -2.15. The fourth-order valence-corrected chi connectivity index (χ4v) is 4.44. The van der Waals surface area contributed by atoms with E-state index < -0.39 is 6.61 Å². The normalized spacial score (nSPS) is 17.0. The Morgan fingerprint density at radius 3 is 2.66 bits per heavy atom. The third-order valence-electron chi connectivity index (χ3n) is 5.96. The molecule has 2 heterocycles. The van der Waals surface area contributed by atoms with Gasteiger partial charge in [0.2, 0.25) is 5.95 Å². The fourth-order valence-electron chi connectivity index (χ4n) is 4.44. The van der Waals surface area contributed by atoms with E-state index in [0.717, 1.165) is 5.56 Å². The molecule has 5 rings (SSSR count). The van der Waals surface area contributed by atoms with Gasteiger partial charge in [-0.2, -0.15) is 13.9 Å². The van der Waals surface area contributed by atoms with Crippen molar-refractivity contribution in [3.63, 3.8) is 0 Å². The van der Waals surface area contributed by atoms with Gasteiger partial charge >= 0.3 is 6.61 Å². The number of ether oxygens (including phenoxy) is 1. The van der Waals surface area contributed by atoms with Crippen LogP contribution in [0.1, 0.15) is 47.8 Å². The molecular weight excluding hydrogens is 461 g/mol. The smallest absolute Gasteiger partial charge is 0.387 e. The fraction of sp³-hybridized carbons (Fsp3) is 0.250. The van der Waals surface area contributed by atoms with E-state index in [4.69, 9.17) is 4.74 Å². The number of nitrogens with one attached hydrogen (secondary N) is 2. The van der Waals surface area contributed by atoms with Crippen molar-refractivity contribution in [2.24, 2.45) is 0 Å². The highest BCUT2D eigenvalue weighted by molar-refractivity contribution is 5.62. The van der Waals surface area contributed by atoms with E-state index in [1.54, 1.807) is 31.2 Å². The van der Waals surface area contributed by atoms with Crippen LogP contribution in [-0.4, -0.2) is 31.3 Å². The summed E-state index contributed by atoms with van der Waals surface area (Å²) in [5.74, 6) is -0.0351. The summed E-state index contributed by atoms with van der Waals surface area (Å²) in [5.41, 5.74) is 2.41. The Hall–Kier alpha value is -4.15. The van der Waals surface area contributed by atoms with E-state index in [0.29, 0.717) is 29.2 Å². The van der Waals surface area contributed by atoms with Crippen LogP contribution in [0.2, 0.25) is 0 Å². The quantitative estimate of drug-likeness (QED) is 0.411. The Morgan fingerprint density at radius 1 is 1.20 bits per heavy atom. The summed E-state index contributed by atoms with van der Waals surface area (Å²) in [6, 6.07) is 10.7. The Labute approximate surface area is 197 Å². The molecule has 0 radical (unpaired) electrons. The van der Waals surface area contributed by atoms with E-state index in [2.05, 4.69) is 25.4 Å². The number of fused-ring (bicyclic) bond motifs is 1. The lowest BCUT2D eigenvalue weighted by Crippen LogP contribution is -2.18. The van der Waals surface area contributed by atoms with Gasteiger partial charge in [0.05, 0.1) is 5.69 Å². The van der Waals surface area contributed by atoms with Gasteiger partial charge in [0.1, 0.15) is 23.7 Å². The summed E-state index contributed by atoms with van der Waals surface area (Å²) >= 11 is 0. The molecule has 2 unspecified atom stereocenters. The van der Waals surface area contributed by atoms with Crippen LogP contribution >= 0.6 is 0 Å². The molecule has 1 aliphatic carbocycles. The second kappa shape index (κ2) is 8.90. The van der Waals surface area contributed by atoms with Crippen LogP contribution in [0.3, 0.4) is 0 Å². The molecule has 0 fully saturated rings. The summed E-state index contributed by atoms with van der Waals surface area (Å²) in [5, 5.41) is 7.11. The Balaban J connectivity index is 1.50. The van der Waals surface area contributed by atoms with E-state index >= 15 is 0 Å². The van der Waals surface area contributed by atoms with Crippen LogP contribution in [-0.2, 0) is 0 Å². The molecule has 2 aromatic carbocycles. The number of nitrogens with zero attached hydrogens (tertiary/aromatic N) is 4. The van der Waals surface area contributed by atoms with Crippen LogP contribution in [0.25, 0.3) is 5.69 Å². The van der Waals surface area contributed by atoms with Crippen molar-refractivity contribution in [2.75, 3.05) is 5.32 Å². The van der Waals surface area contributed by atoms with Crippen LogP contribution in [0.5, 0.6) is 5.75 Å². The molecule has 2 atom stereocenters. The Morgan fingerprint density at radius 2 is 1.97 bits per heavy atom. The maximum absolute atomic E-state index is 13.4. The first-order valence-corrected chi connectivity index (χ1v) is 10.9. The lowest BCUT2D eigenvalue weighted by atomic mass is 9.95. The van der Waals surface area contributed by atoms with Crippen molar-refractivity contribution in [1.82, 2.24) is 24.7 Å². The van der Waals surface area contributed by atoms with Crippen molar-refractivity contribution in [3.8, 4) is 11.4 Å². The first-order chi connectivity index (χ1) is 16.8. The molecule has 0 amide bonds. The molecule has 11 heteroatoms.